The molecule has 0 unspecified atom stereocenters. The molecule has 0 bridgehead atoms. The quantitative estimate of drug-likeness (QED) is 0.634. The predicted octanol–water partition coefficient (Wildman–Crippen LogP) is 1.64. The van der Waals surface area contributed by atoms with E-state index in [-0.39, 0.29) is 6.54 Å². The summed E-state index contributed by atoms with van der Waals surface area (Å²) in [4.78, 5) is 0. The van der Waals surface area contributed by atoms with Crippen LogP contribution in [0.2, 0.25) is 0 Å². The van der Waals surface area contributed by atoms with Gasteiger partial charge < -0.3 is 20.8 Å². The third-order valence-electron chi connectivity index (χ3n) is 3.54. The molecule has 104 valence electrons. The maximum absolute atomic E-state index is 10.4. The second kappa shape index (κ2) is 6.32. The van der Waals surface area contributed by atoms with E-state index in [4.69, 9.17) is 12.2 Å². The molecule has 1 aromatic rings. The first-order chi connectivity index (χ1) is 9.10. The lowest BCUT2D eigenvalue weighted by Gasteiger charge is -2.37. The summed E-state index contributed by atoms with van der Waals surface area (Å²) in [6, 6.07) is 9.60. The Hall–Kier alpha value is -1.17. The van der Waals surface area contributed by atoms with E-state index in [1.54, 1.807) is 0 Å². The molecule has 1 saturated carbocycles. The lowest BCUT2D eigenvalue weighted by molar-refractivity contribution is -0.0950. The van der Waals surface area contributed by atoms with E-state index in [0.717, 1.165) is 18.5 Å². The highest BCUT2D eigenvalue weighted by Gasteiger charge is 2.37. The van der Waals surface area contributed by atoms with Gasteiger partial charge in [0.05, 0.1) is 6.10 Å². The molecule has 2 rings (SSSR count). The molecule has 4 N–H and O–H groups in total. The number of benzene rings is 1. The van der Waals surface area contributed by atoms with Gasteiger partial charge in [0.2, 0.25) is 0 Å². The van der Waals surface area contributed by atoms with Crippen molar-refractivity contribution in [3.8, 4) is 0 Å². The molecule has 0 saturated heterocycles. The lowest BCUT2D eigenvalue weighted by atomic mass is 9.82. The van der Waals surface area contributed by atoms with E-state index in [0.29, 0.717) is 18.0 Å². The van der Waals surface area contributed by atoms with Crippen molar-refractivity contribution in [3.63, 3.8) is 0 Å². The van der Waals surface area contributed by atoms with Crippen molar-refractivity contribution in [2.45, 2.75) is 37.4 Å². The van der Waals surface area contributed by atoms with E-state index < -0.39 is 11.7 Å². The fourth-order valence-electron chi connectivity index (χ4n) is 2.34. The van der Waals surface area contributed by atoms with Crippen molar-refractivity contribution in [1.82, 2.24) is 5.32 Å². The van der Waals surface area contributed by atoms with E-state index in [2.05, 4.69) is 10.6 Å². The molecule has 4 nitrogen and oxygen atoms in total. The van der Waals surface area contributed by atoms with Crippen LogP contribution in [0.15, 0.2) is 30.3 Å². The molecule has 1 aromatic carbocycles. The summed E-state index contributed by atoms with van der Waals surface area (Å²) in [5, 5.41) is 26.7. The third-order valence-corrected chi connectivity index (χ3v) is 3.79. The Labute approximate surface area is 118 Å². The second-order valence-corrected chi connectivity index (χ2v) is 5.45. The molecule has 1 aliphatic carbocycles. The minimum atomic E-state index is -1.07. The van der Waals surface area contributed by atoms with Crippen molar-refractivity contribution >= 4 is 23.0 Å². The Morgan fingerprint density at radius 2 is 2.05 bits per heavy atom. The van der Waals surface area contributed by atoms with Gasteiger partial charge in [0.1, 0.15) is 5.60 Å². The van der Waals surface area contributed by atoms with Crippen LogP contribution in [-0.4, -0.2) is 33.6 Å². The van der Waals surface area contributed by atoms with Gasteiger partial charge >= 0.3 is 0 Å². The Kier molecular flexibility index (Phi) is 4.74. The molecule has 0 heterocycles. The minimum absolute atomic E-state index is 0.271. The van der Waals surface area contributed by atoms with Gasteiger partial charge in [-0.2, -0.15) is 0 Å². The zero-order valence-electron chi connectivity index (χ0n) is 10.8. The number of aliphatic hydroxyl groups excluding tert-OH is 1. The number of hydrogen-bond acceptors (Lipinski definition) is 3. The molecule has 1 aliphatic rings. The van der Waals surface area contributed by atoms with Crippen molar-refractivity contribution in [2.24, 2.45) is 0 Å². The molecule has 5 heteroatoms. The summed E-state index contributed by atoms with van der Waals surface area (Å²) in [6.45, 7) is 0.271. The Bertz CT molecular complexity index is 427. The first kappa shape index (κ1) is 14.2. The van der Waals surface area contributed by atoms with Gasteiger partial charge in [-0.3, -0.25) is 0 Å². The molecular weight excluding hydrogens is 260 g/mol. The average Bonchev–Trinajstić information content (AvgIpc) is 2.41. The van der Waals surface area contributed by atoms with Gasteiger partial charge in [0.15, 0.2) is 5.11 Å². The zero-order chi connectivity index (χ0) is 13.7. The summed E-state index contributed by atoms with van der Waals surface area (Å²) in [5.74, 6) is 0. The number of nitrogens with one attached hydrogen (secondary N) is 2. The van der Waals surface area contributed by atoms with Gasteiger partial charge in [-0.15, -0.1) is 0 Å². The zero-order valence-corrected chi connectivity index (χ0v) is 11.6. The van der Waals surface area contributed by atoms with Crippen molar-refractivity contribution in [3.05, 3.63) is 30.3 Å². The van der Waals surface area contributed by atoms with Crippen LogP contribution in [0, 0.1) is 0 Å². The minimum Gasteiger partial charge on any atom is -0.390 e. The number of thiocarbonyl (C=S) groups is 1. The molecule has 0 aliphatic heterocycles. The number of anilines is 1. The van der Waals surface area contributed by atoms with Crippen molar-refractivity contribution in [1.29, 1.82) is 0 Å². The van der Waals surface area contributed by atoms with Crippen LogP contribution in [0.1, 0.15) is 25.7 Å². The topological polar surface area (TPSA) is 64.5 Å². The first-order valence-corrected chi connectivity index (χ1v) is 7.01. The van der Waals surface area contributed by atoms with E-state index in [1.165, 1.54) is 0 Å². The second-order valence-electron chi connectivity index (χ2n) is 5.04. The van der Waals surface area contributed by atoms with Crippen LogP contribution in [0.5, 0.6) is 0 Å². The van der Waals surface area contributed by atoms with Crippen LogP contribution >= 0.6 is 12.2 Å². The maximum Gasteiger partial charge on any atom is 0.170 e. The third kappa shape index (κ3) is 3.89. The number of aliphatic hydroxyl groups is 2. The largest absolute Gasteiger partial charge is 0.390 e. The van der Waals surface area contributed by atoms with Crippen molar-refractivity contribution in [2.75, 3.05) is 11.9 Å². The molecule has 0 amide bonds. The smallest absolute Gasteiger partial charge is 0.170 e. The first-order valence-electron chi connectivity index (χ1n) is 6.60. The fraction of sp³-hybridized carbons (Fsp3) is 0.500. The molecule has 0 radical (unpaired) electrons. The number of hydrogen-bond donors (Lipinski definition) is 4. The summed E-state index contributed by atoms with van der Waals surface area (Å²) in [6.07, 6.45) is 2.49. The maximum atomic E-state index is 10.4. The van der Waals surface area contributed by atoms with Crippen LogP contribution in [-0.2, 0) is 0 Å². The van der Waals surface area contributed by atoms with Crippen LogP contribution < -0.4 is 10.6 Å². The highest BCUT2D eigenvalue weighted by Crippen LogP contribution is 2.27. The highest BCUT2D eigenvalue weighted by atomic mass is 32.1. The van der Waals surface area contributed by atoms with Gasteiger partial charge in [-0.1, -0.05) is 31.0 Å². The summed E-state index contributed by atoms with van der Waals surface area (Å²) in [7, 11) is 0. The molecule has 0 spiro atoms. The van der Waals surface area contributed by atoms with E-state index in [1.807, 2.05) is 30.3 Å². The molecular formula is C14H20N2O2S. The van der Waals surface area contributed by atoms with Crippen molar-refractivity contribution < 1.29 is 10.2 Å². The predicted molar refractivity (Wildman–Crippen MR) is 80.1 cm³/mol. The van der Waals surface area contributed by atoms with E-state index in [9.17, 15) is 10.2 Å². The molecule has 0 aromatic heterocycles. The lowest BCUT2D eigenvalue weighted by Crippen LogP contribution is -2.53. The van der Waals surface area contributed by atoms with Gasteiger partial charge in [-0.25, -0.2) is 0 Å². The highest BCUT2D eigenvalue weighted by molar-refractivity contribution is 7.80. The standard InChI is InChI=1S/C14H20N2O2S/c17-12-8-4-5-9-14(12,18)10-15-13(19)16-11-6-2-1-3-7-11/h1-3,6-7,12,17-18H,4-5,8-10H2,(H2,15,16,19)/t12-,14-/m1/s1. The average molecular weight is 280 g/mol. The Morgan fingerprint density at radius 1 is 1.32 bits per heavy atom. The van der Waals surface area contributed by atoms with Gasteiger partial charge in [0, 0.05) is 12.2 Å². The summed E-state index contributed by atoms with van der Waals surface area (Å²) < 4.78 is 0. The summed E-state index contributed by atoms with van der Waals surface area (Å²) >= 11 is 5.18. The monoisotopic (exact) mass is 280 g/mol. The van der Waals surface area contributed by atoms with Gasteiger partial charge in [0.25, 0.3) is 0 Å². The number of para-hydroxylation sites is 1. The molecule has 19 heavy (non-hydrogen) atoms. The van der Waals surface area contributed by atoms with Gasteiger partial charge in [-0.05, 0) is 37.2 Å². The Balaban J connectivity index is 1.83. The van der Waals surface area contributed by atoms with E-state index >= 15 is 0 Å². The van der Waals surface area contributed by atoms with Crippen LogP contribution in [0.3, 0.4) is 0 Å². The van der Waals surface area contributed by atoms with Crippen LogP contribution in [0.25, 0.3) is 0 Å². The number of rotatable bonds is 3. The normalized spacial score (nSPS) is 26.7. The molecule has 2 atom stereocenters. The molecule has 1 fully saturated rings. The SMILES string of the molecule is O[C@@H]1CCCC[C@@]1(O)CNC(=S)Nc1ccccc1. The summed E-state index contributed by atoms with van der Waals surface area (Å²) in [5.41, 5.74) is -0.170. The fourth-order valence-corrected chi connectivity index (χ4v) is 2.53. The Morgan fingerprint density at radius 3 is 2.74 bits per heavy atom. The van der Waals surface area contributed by atoms with Crippen LogP contribution in [0.4, 0.5) is 5.69 Å².